The molecule has 0 saturated carbocycles. The van der Waals surface area contributed by atoms with E-state index in [0.29, 0.717) is 6.42 Å². The Hall–Kier alpha value is -1.38. The Morgan fingerprint density at radius 1 is 1.53 bits per heavy atom. The summed E-state index contributed by atoms with van der Waals surface area (Å²) in [6.07, 6.45) is 0.663. The Morgan fingerprint density at radius 3 is 2.80 bits per heavy atom. The molecule has 1 rings (SSSR count). The fourth-order valence-electron chi connectivity index (χ4n) is 1.64. The zero-order valence-electron chi connectivity index (χ0n) is 8.96. The summed E-state index contributed by atoms with van der Waals surface area (Å²) < 4.78 is 13.0. The summed E-state index contributed by atoms with van der Waals surface area (Å²) in [6, 6.07) is 4.63. The number of carbonyl (C=O) groups is 1. The van der Waals surface area contributed by atoms with Gasteiger partial charge in [-0.2, -0.15) is 0 Å². The fourth-order valence-corrected chi connectivity index (χ4v) is 1.64. The van der Waals surface area contributed by atoms with E-state index in [-0.39, 0.29) is 18.2 Å². The van der Waals surface area contributed by atoms with Gasteiger partial charge in [0.2, 0.25) is 0 Å². The number of benzene rings is 1. The minimum Gasteiger partial charge on any atom is -0.481 e. The van der Waals surface area contributed by atoms with Crippen LogP contribution in [0.15, 0.2) is 18.2 Å². The van der Waals surface area contributed by atoms with Crippen LogP contribution in [0.5, 0.6) is 0 Å². The molecule has 15 heavy (non-hydrogen) atoms. The molecule has 1 N–H and O–H groups in total. The zero-order valence-corrected chi connectivity index (χ0v) is 8.96. The van der Waals surface area contributed by atoms with Gasteiger partial charge in [-0.05, 0) is 42.5 Å². The van der Waals surface area contributed by atoms with Gasteiger partial charge in [-0.1, -0.05) is 13.0 Å². The molecule has 1 aromatic carbocycles. The minimum absolute atomic E-state index is 0.0804. The number of aryl methyl sites for hydroxylation is 1. The van der Waals surface area contributed by atoms with Crippen LogP contribution in [-0.2, 0) is 4.79 Å². The molecule has 1 atom stereocenters. The molecule has 0 heterocycles. The first-order valence-corrected chi connectivity index (χ1v) is 4.98. The van der Waals surface area contributed by atoms with Crippen LogP contribution in [0.3, 0.4) is 0 Å². The third kappa shape index (κ3) is 3.35. The highest BCUT2D eigenvalue weighted by atomic mass is 19.1. The second kappa shape index (κ2) is 4.91. The van der Waals surface area contributed by atoms with Crippen molar-refractivity contribution in [3.8, 4) is 0 Å². The molecular formula is C12H15FO2. The van der Waals surface area contributed by atoms with Gasteiger partial charge in [0.05, 0.1) is 0 Å². The van der Waals surface area contributed by atoms with Crippen molar-refractivity contribution in [2.45, 2.75) is 32.6 Å². The van der Waals surface area contributed by atoms with E-state index in [4.69, 9.17) is 5.11 Å². The summed E-state index contributed by atoms with van der Waals surface area (Å²) >= 11 is 0. The lowest BCUT2D eigenvalue weighted by molar-refractivity contribution is -0.137. The lowest BCUT2D eigenvalue weighted by Crippen LogP contribution is -2.02. The molecule has 0 aromatic heterocycles. The molecule has 0 aliphatic rings. The van der Waals surface area contributed by atoms with Gasteiger partial charge in [0.15, 0.2) is 0 Å². The average Bonchev–Trinajstić information content (AvgIpc) is 2.18. The van der Waals surface area contributed by atoms with Crippen LogP contribution < -0.4 is 0 Å². The van der Waals surface area contributed by atoms with Crippen molar-refractivity contribution >= 4 is 5.97 Å². The second-order valence-corrected chi connectivity index (χ2v) is 3.83. The molecule has 82 valence electrons. The summed E-state index contributed by atoms with van der Waals surface area (Å²) in [7, 11) is 0. The van der Waals surface area contributed by atoms with Crippen LogP contribution in [0, 0.1) is 12.7 Å². The number of rotatable bonds is 4. The molecule has 3 heteroatoms. The van der Waals surface area contributed by atoms with Gasteiger partial charge >= 0.3 is 5.97 Å². The molecule has 0 aliphatic heterocycles. The van der Waals surface area contributed by atoms with Crippen molar-refractivity contribution in [1.82, 2.24) is 0 Å². The van der Waals surface area contributed by atoms with E-state index in [1.54, 1.807) is 6.07 Å². The molecule has 0 bridgehead atoms. The third-order valence-electron chi connectivity index (χ3n) is 2.56. The predicted octanol–water partition coefficient (Wildman–Crippen LogP) is 3.10. The van der Waals surface area contributed by atoms with E-state index < -0.39 is 5.97 Å². The Balaban J connectivity index is 2.76. The summed E-state index contributed by atoms with van der Waals surface area (Å²) in [6.45, 7) is 3.83. The van der Waals surface area contributed by atoms with E-state index in [1.807, 2.05) is 13.8 Å². The normalized spacial score (nSPS) is 12.5. The smallest absolute Gasteiger partial charge is 0.303 e. The Bertz CT molecular complexity index is 361. The largest absolute Gasteiger partial charge is 0.481 e. The summed E-state index contributed by atoms with van der Waals surface area (Å²) in [5.41, 5.74) is 1.91. The monoisotopic (exact) mass is 210 g/mol. The number of halogens is 1. The van der Waals surface area contributed by atoms with Crippen molar-refractivity contribution in [2.75, 3.05) is 0 Å². The van der Waals surface area contributed by atoms with Crippen molar-refractivity contribution < 1.29 is 14.3 Å². The molecule has 0 saturated heterocycles. The molecule has 1 aromatic rings. The van der Waals surface area contributed by atoms with Crippen LogP contribution in [0.2, 0.25) is 0 Å². The van der Waals surface area contributed by atoms with Gasteiger partial charge in [0.1, 0.15) is 5.82 Å². The van der Waals surface area contributed by atoms with E-state index >= 15 is 0 Å². The molecule has 0 spiro atoms. The third-order valence-corrected chi connectivity index (χ3v) is 2.56. The first kappa shape index (κ1) is 11.7. The average molecular weight is 210 g/mol. The molecule has 1 unspecified atom stereocenters. The van der Waals surface area contributed by atoms with Crippen LogP contribution >= 0.6 is 0 Å². The van der Waals surface area contributed by atoms with Crippen molar-refractivity contribution in [3.63, 3.8) is 0 Å². The predicted molar refractivity (Wildman–Crippen MR) is 56.4 cm³/mol. The van der Waals surface area contributed by atoms with E-state index in [2.05, 4.69) is 0 Å². The summed E-state index contributed by atoms with van der Waals surface area (Å²) in [5.74, 6) is -0.995. The van der Waals surface area contributed by atoms with Gasteiger partial charge < -0.3 is 5.11 Å². The van der Waals surface area contributed by atoms with Crippen molar-refractivity contribution in [3.05, 3.63) is 35.1 Å². The van der Waals surface area contributed by atoms with Crippen LogP contribution in [-0.4, -0.2) is 11.1 Å². The quantitative estimate of drug-likeness (QED) is 0.829. The van der Waals surface area contributed by atoms with E-state index in [1.165, 1.54) is 12.1 Å². The number of carboxylic acids is 1. The molecule has 2 nitrogen and oxygen atoms in total. The van der Waals surface area contributed by atoms with Gasteiger partial charge in [-0.3, -0.25) is 4.79 Å². The topological polar surface area (TPSA) is 37.3 Å². The minimum atomic E-state index is -0.809. The highest BCUT2D eigenvalue weighted by Gasteiger charge is 2.11. The number of hydrogen-bond acceptors (Lipinski definition) is 1. The number of carboxylic acid groups (broad SMARTS) is 1. The van der Waals surface area contributed by atoms with Crippen molar-refractivity contribution in [1.29, 1.82) is 0 Å². The second-order valence-electron chi connectivity index (χ2n) is 3.83. The standard InChI is InChI=1S/C12H15FO2/c1-8-3-5-10(13)7-11(8)9(2)4-6-12(14)15/h3,5,7,9H,4,6H2,1-2H3,(H,14,15). The first-order valence-electron chi connectivity index (χ1n) is 4.98. The Morgan fingerprint density at radius 2 is 2.20 bits per heavy atom. The maximum atomic E-state index is 13.0. The van der Waals surface area contributed by atoms with Crippen LogP contribution in [0.25, 0.3) is 0 Å². The molecule has 0 aliphatic carbocycles. The van der Waals surface area contributed by atoms with Gasteiger partial charge in [-0.15, -0.1) is 0 Å². The summed E-state index contributed by atoms with van der Waals surface area (Å²) in [4.78, 5) is 10.4. The zero-order chi connectivity index (χ0) is 11.4. The van der Waals surface area contributed by atoms with Gasteiger partial charge in [-0.25, -0.2) is 4.39 Å². The lowest BCUT2D eigenvalue weighted by atomic mass is 9.92. The van der Waals surface area contributed by atoms with Gasteiger partial charge in [0.25, 0.3) is 0 Å². The molecule has 0 fully saturated rings. The summed E-state index contributed by atoms with van der Waals surface area (Å²) in [5, 5.41) is 8.56. The van der Waals surface area contributed by atoms with E-state index in [9.17, 15) is 9.18 Å². The first-order chi connectivity index (χ1) is 7.00. The molecular weight excluding hydrogens is 195 g/mol. The van der Waals surface area contributed by atoms with Gasteiger partial charge in [0, 0.05) is 6.42 Å². The Kier molecular flexibility index (Phi) is 3.83. The molecule has 0 amide bonds. The highest BCUT2D eigenvalue weighted by Crippen LogP contribution is 2.24. The molecule has 0 radical (unpaired) electrons. The maximum Gasteiger partial charge on any atom is 0.303 e. The maximum absolute atomic E-state index is 13.0. The fraction of sp³-hybridized carbons (Fsp3) is 0.417. The van der Waals surface area contributed by atoms with Crippen molar-refractivity contribution in [2.24, 2.45) is 0 Å². The highest BCUT2D eigenvalue weighted by molar-refractivity contribution is 5.66. The number of hydrogen-bond donors (Lipinski definition) is 1. The number of aliphatic carboxylic acids is 1. The van der Waals surface area contributed by atoms with Crippen LogP contribution in [0.4, 0.5) is 4.39 Å². The Labute approximate surface area is 88.7 Å². The SMILES string of the molecule is Cc1ccc(F)cc1C(C)CCC(=O)O. The van der Waals surface area contributed by atoms with E-state index in [0.717, 1.165) is 11.1 Å². The lowest BCUT2D eigenvalue weighted by Gasteiger charge is -2.13. The van der Waals surface area contributed by atoms with Crippen LogP contribution in [0.1, 0.15) is 36.8 Å².